The molecule has 9 heteroatoms. The monoisotopic (exact) mass is 308 g/mol. The minimum absolute atomic E-state index is 0.0166. The van der Waals surface area contributed by atoms with Crippen LogP contribution in [0, 0.1) is 11.3 Å². The molecule has 1 amide bonds. The lowest BCUT2D eigenvalue weighted by Gasteiger charge is -2.38. The molecule has 0 aromatic heterocycles. The van der Waals surface area contributed by atoms with Gasteiger partial charge in [0.2, 0.25) is 5.60 Å². The van der Waals surface area contributed by atoms with E-state index in [1.807, 2.05) is 0 Å². The Morgan fingerprint density at radius 1 is 1.57 bits per heavy atom. The summed E-state index contributed by atoms with van der Waals surface area (Å²) >= 11 is 0. The van der Waals surface area contributed by atoms with Crippen LogP contribution < -0.4 is 5.43 Å². The highest BCUT2D eigenvalue weighted by molar-refractivity contribution is 6.13. The Kier molecular flexibility index (Phi) is 3.51. The molecule has 2 aliphatic rings. The molecule has 21 heavy (non-hydrogen) atoms. The molecule has 1 saturated carbocycles. The molecule has 6 nitrogen and oxygen atoms in total. The van der Waals surface area contributed by atoms with Crippen LogP contribution >= 0.6 is 0 Å². The van der Waals surface area contributed by atoms with Crippen LogP contribution in [0.3, 0.4) is 0 Å². The van der Waals surface area contributed by atoms with Crippen molar-refractivity contribution in [2.75, 3.05) is 6.61 Å². The molecule has 0 aromatic carbocycles. The van der Waals surface area contributed by atoms with Gasteiger partial charge in [-0.1, -0.05) is 0 Å². The zero-order valence-corrected chi connectivity index (χ0v) is 11.5. The van der Waals surface area contributed by atoms with E-state index in [0.29, 0.717) is 0 Å². The summed E-state index contributed by atoms with van der Waals surface area (Å²) in [6.45, 7) is 3.05. The number of hydrogen-bond donors (Lipinski definition) is 2. The van der Waals surface area contributed by atoms with Gasteiger partial charge in [-0.15, -0.1) is 0 Å². The third kappa shape index (κ3) is 2.02. The molecule has 1 heterocycles. The van der Waals surface area contributed by atoms with E-state index in [0.717, 1.165) is 0 Å². The van der Waals surface area contributed by atoms with Crippen LogP contribution in [0.25, 0.3) is 0 Å². The van der Waals surface area contributed by atoms with Crippen molar-refractivity contribution in [1.82, 2.24) is 5.43 Å². The number of alkyl halides is 3. The number of hydrazone groups is 1. The van der Waals surface area contributed by atoms with Crippen molar-refractivity contribution < 1.29 is 32.6 Å². The van der Waals surface area contributed by atoms with Crippen LogP contribution in [0.4, 0.5) is 13.2 Å². The first kappa shape index (κ1) is 15.7. The average molecular weight is 308 g/mol. The lowest BCUT2D eigenvalue weighted by molar-refractivity contribution is -0.262. The lowest BCUT2D eigenvalue weighted by atomic mass is 9.77. The van der Waals surface area contributed by atoms with Crippen molar-refractivity contribution in [2.24, 2.45) is 16.4 Å². The van der Waals surface area contributed by atoms with Crippen molar-refractivity contribution in [2.45, 2.75) is 38.5 Å². The Bertz CT molecular complexity index is 519. The van der Waals surface area contributed by atoms with Crippen molar-refractivity contribution in [1.29, 1.82) is 0 Å². The maximum Gasteiger partial charge on any atom is 0.427 e. The van der Waals surface area contributed by atoms with Gasteiger partial charge < -0.3 is 9.84 Å². The first-order valence-electron chi connectivity index (χ1n) is 6.44. The summed E-state index contributed by atoms with van der Waals surface area (Å²) < 4.78 is 44.3. The molecule has 118 valence electrons. The molecule has 1 fully saturated rings. The molecule has 3 atom stereocenters. The summed E-state index contributed by atoms with van der Waals surface area (Å²) in [5.41, 5.74) is -3.48. The number of ether oxygens (including phenoxy) is 1. The lowest BCUT2D eigenvalue weighted by Crippen LogP contribution is -2.65. The number of aliphatic hydroxyl groups is 1. The summed E-state index contributed by atoms with van der Waals surface area (Å²) in [6, 6.07) is 0. The Hall–Kier alpha value is -1.64. The van der Waals surface area contributed by atoms with Gasteiger partial charge in [-0.25, -0.2) is 5.43 Å². The minimum atomic E-state index is -5.16. The predicted molar refractivity (Wildman–Crippen MR) is 64.0 cm³/mol. The number of esters is 1. The van der Waals surface area contributed by atoms with E-state index < -0.39 is 35.0 Å². The van der Waals surface area contributed by atoms with E-state index in [1.165, 1.54) is 6.92 Å². The molecular formula is C12H15F3N2O4. The van der Waals surface area contributed by atoms with Crippen molar-refractivity contribution in [3.05, 3.63) is 0 Å². The fraction of sp³-hybridized carbons (Fsp3) is 0.750. The maximum atomic E-state index is 13.1. The number of carbonyl (C=O) groups is 2. The number of nitrogens with zero attached hydrogens (tertiary/aromatic N) is 1. The molecule has 3 unspecified atom stereocenters. The highest BCUT2D eigenvalue weighted by Gasteiger charge is 2.70. The van der Waals surface area contributed by atoms with Crippen LogP contribution in [0.2, 0.25) is 0 Å². The fourth-order valence-corrected chi connectivity index (χ4v) is 2.87. The quantitative estimate of drug-likeness (QED) is 0.737. The van der Waals surface area contributed by atoms with Gasteiger partial charge in [-0.2, -0.15) is 18.3 Å². The van der Waals surface area contributed by atoms with Crippen molar-refractivity contribution in [3.8, 4) is 0 Å². The number of halogens is 3. The molecule has 1 aliphatic heterocycles. The van der Waals surface area contributed by atoms with Crippen LogP contribution in [0.15, 0.2) is 5.10 Å². The van der Waals surface area contributed by atoms with Crippen LogP contribution in [0.5, 0.6) is 0 Å². The van der Waals surface area contributed by atoms with Crippen LogP contribution in [0.1, 0.15) is 26.7 Å². The number of hydrogen-bond acceptors (Lipinski definition) is 5. The normalized spacial score (nSPS) is 35.8. The highest BCUT2D eigenvalue weighted by atomic mass is 19.4. The Morgan fingerprint density at radius 3 is 2.71 bits per heavy atom. The Labute approximate surface area is 118 Å². The maximum absolute atomic E-state index is 13.1. The van der Waals surface area contributed by atoms with Gasteiger partial charge in [-0.05, 0) is 26.7 Å². The van der Waals surface area contributed by atoms with E-state index in [2.05, 4.69) is 5.10 Å². The predicted octanol–water partition coefficient (Wildman–Crippen LogP) is 0.745. The largest absolute Gasteiger partial charge is 0.465 e. The summed E-state index contributed by atoms with van der Waals surface area (Å²) in [6.07, 6.45) is -5.33. The zero-order chi connectivity index (χ0) is 16.1. The topological polar surface area (TPSA) is 88.0 Å². The molecule has 0 saturated heterocycles. The standard InChI is InChI=1S/C12H15F3N2O4/c1-3-21-9(19)10(2)5-4-6-7(10)16-17-8(18)11(6,20)12(13,14)15/h6,20H,3-5H2,1-2H3,(H,17,18). The molecule has 0 bridgehead atoms. The number of carbonyl (C=O) groups excluding carboxylic acids is 2. The van der Waals surface area contributed by atoms with E-state index in [-0.39, 0.29) is 25.2 Å². The third-order valence-corrected chi connectivity index (χ3v) is 4.11. The van der Waals surface area contributed by atoms with Gasteiger partial charge in [0.15, 0.2) is 0 Å². The molecule has 0 radical (unpaired) electrons. The average Bonchev–Trinajstić information content (AvgIpc) is 2.73. The second-order valence-corrected chi connectivity index (χ2v) is 5.35. The van der Waals surface area contributed by atoms with Crippen LogP contribution in [-0.2, 0) is 14.3 Å². The van der Waals surface area contributed by atoms with Gasteiger partial charge in [0.25, 0.3) is 5.91 Å². The summed E-state index contributed by atoms with van der Waals surface area (Å²) in [4.78, 5) is 23.5. The summed E-state index contributed by atoms with van der Waals surface area (Å²) in [5, 5.41) is 13.5. The Morgan fingerprint density at radius 2 is 2.19 bits per heavy atom. The van der Waals surface area contributed by atoms with E-state index in [1.54, 1.807) is 12.3 Å². The van der Waals surface area contributed by atoms with Gasteiger partial charge in [0.1, 0.15) is 5.41 Å². The van der Waals surface area contributed by atoms with Crippen molar-refractivity contribution >= 4 is 17.6 Å². The van der Waals surface area contributed by atoms with Gasteiger partial charge in [-0.3, -0.25) is 9.59 Å². The van der Waals surface area contributed by atoms with Gasteiger partial charge in [0.05, 0.1) is 12.3 Å². The van der Waals surface area contributed by atoms with Gasteiger partial charge in [0, 0.05) is 5.92 Å². The molecular weight excluding hydrogens is 293 g/mol. The SMILES string of the molecule is CCOC(=O)C1(C)CCC2C1=NNC(=O)C2(O)C(F)(F)F. The van der Waals surface area contributed by atoms with Crippen molar-refractivity contribution in [3.63, 3.8) is 0 Å². The first-order valence-corrected chi connectivity index (χ1v) is 6.44. The molecule has 2 N–H and O–H groups in total. The Balaban J connectivity index is 2.45. The first-order chi connectivity index (χ1) is 9.59. The van der Waals surface area contributed by atoms with Gasteiger partial charge >= 0.3 is 12.1 Å². The molecule has 1 aliphatic carbocycles. The van der Waals surface area contributed by atoms with E-state index in [4.69, 9.17) is 4.74 Å². The molecule has 0 spiro atoms. The number of amides is 1. The number of nitrogens with one attached hydrogen (secondary N) is 1. The molecule has 0 aromatic rings. The second-order valence-electron chi connectivity index (χ2n) is 5.35. The summed E-state index contributed by atoms with van der Waals surface area (Å²) in [5.74, 6) is -3.93. The molecule has 2 rings (SSSR count). The van der Waals surface area contributed by atoms with E-state index in [9.17, 15) is 27.9 Å². The van der Waals surface area contributed by atoms with E-state index >= 15 is 0 Å². The smallest absolute Gasteiger partial charge is 0.427 e. The fourth-order valence-electron chi connectivity index (χ4n) is 2.87. The minimum Gasteiger partial charge on any atom is -0.465 e. The number of rotatable bonds is 2. The van der Waals surface area contributed by atoms with Crippen LogP contribution in [-0.4, -0.2) is 41.1 Å². The highest BCUT2D eigenvalue weighted by Crippen LogP contribution is 2.50. The zero-order valence-electron chi connectivity index (χ0n) is 11.5. The number of fused-ring (bicyclic) bond motifs is 1. The third-order valence-electron chi connectivity index (χ3n) is 4.11. The summed E-state index contributed by atoms with van der Waals surface area (Å²) in [7, 11) is 0. The second kappa shape index (κ2) is 4.69.